The molecule has 1 saturated heterocycles. The largest absolute Gasteiger partial charge is 0.314 e. The number of rotatable bonds is 4. The van der Waals surface area contributed by atoms with Crippen LogP contribution in [0.15, 0.2) is 0 Å². The van der Waals surface area contributed by atoms with Crippen LogP contribution >= 0.6 is 0 Å². The quantitative estimate of drug-likeness (QED) is 0.736. The van der Waals surface area contributed by atoms with E-state index < -0.39 is 0 Å². The molecule has 0 radical (unpaired) electrons. The molecule has 2 atom stereocenters. The van der Waals surface area contributed by atoms with Crippen LogP contribution in [-0.2, 0) is 0 Å². The van der Waals surface area contributed by atoms with Crippen LogP contribution < -0.4 is 5.32 Å². The monoisotopic (exact) mass is 196 g/mol. The minimum absolute atomic E-state index is 0.782. The Morgan fingerprint density at radius 1 is 1.29 bits per heavy atom. The SMILES string of the molecule is CC1CN(C)CCC1NCCC1CC1. The molecule has 1 aliphatic heterocycles. The third-order valence-electron chi connectivity index (χ3n) is 3.76. The maximum atomic E-state index is 3.74. The van der Waals surface area contributed by atoms with Gasteiger partial charge in [-0.1, -0.05) is 19.8 Å². The lowest BCUT2D eigenvalue weighted by Gasteiger charge is -2.35. The zero-order valence-electron chi connectivity index (χ0n) is 9.63. The topological polar surface area (TPSA) is 15.3 Å². The molecular formula is C12H24N2. The van der Waals surface area contributed by atoms with Crippen molar-refractivity contribution in [2.24, 2.45) is 11.8 Å². The zero-order chi connectivity index (χ0) is 9.97. The molecule has 2 aliphatic rings. The highest BCUT2D eigenvalue weighted by Gasteiger charge is 2.25. The van der Waals surface area contributed by atoms with Gasteiger partial charge in [0.15, 0.2) is 0 Å². The van der Waals surface area contributed by atoms with Crippen LogP contribution in [0.25, 0.3) is 0 Å². The Morgan fingerprint density at radius 3 is 2.71 bits per heavy atom. The molecule has 0 aromatic rings. The van der Waals surface area contributed by atoms with Gasteiger partial charge in [-0.05, 0) is 44.8 Å². The highest BCUT2D eigenvalue weighted by Crippen LogP contribution is 2.31. The number of likely N-dealkylation sites (tertiary alicyclic amines) is 1. The molecule has 2 unspecified atom stereocenters. The van der Waals surface area contributed by atoms with E-state index in [2.05, 4.69) is 24.2 Å². The van der Waals surface area contributed by atoms with E-state index in [1.807, 2.05) is 0 Å². The van der Waals surface area contributed by atoms with Crippen molar-refractivity contribution < 1.29 is 0 Å². The standard InChI is InChI=1S/C12H24N2/c1-10-9-14(2)8-6-12(10)13-7-5-11-3-4-11/h10-13H,3-9H2,1-2H3. The predicted molar refractivity (Wildman–Crippen MR) is 60.4 cm³/mol. The van der Waals surface area contributed by atoms with Crippen molar-refractivity contribution in [2.45, 2.75) is 38.6 Å². The second-order valence-electron chi connectivity index (χ2n) is 5.32. The Labute approximate surface area is 88.1 Å². The molecule has 1 saturated carbocycles. The molecule has 0 amide bonds. The molecule has 1 heterocycles. The van der Waals surface area contributed by atoms with E-state index in [9.17, 15) is 0 Å². The minimum atomic E-state index is 0.782. The van der Waals surface area contributed by atoms with E-state index in [4.69, 9.17) is 0 Å². The van der Waals surface area contributed by atoms with Gasteiger partial charge in [0.1, 0.15) is 0 Å². The average molecular weight is 196 g/mol. The van der Waals surface area contributed by atoms with Crippen molar-refractivity contribution in [3.8, 4) is 0 Å². The van der Waals surface area contributed by atoms with E-state index in [-0.39, 0.29) is 0 Å². The van der Waals surface area contributed by atoms with E-state index in [0.29, 0.717) is 0 Å². The summed E-state index contributed by atoms with van der Waals surface area (Å²) >= 11 is 0. The molecule has 2 fully saturated rings. The third kappa shape index (κ3) is 2.96. The average Bonchev–Trinajstić information content (AvgIpc) is 2.92. The van der Waals surface area contributed by atoms with Crippen LogP contribution in [0.3, 0.4) is 0 Å². The van der Waals surface area contributed by atoms with Crippen molar-refractivity contribution in [3.05, 3.63) is 0 Å². The van der Waals surface area contributed by atoms with Crippen molar-refractivity contribution in [3.63, 3.8) is 0 Å². The summed E-state index contributed by atoms with van der Waals surface area (Å²) in [5.74, 6) is 1.90. The lowest BCUT2D eigenvalue weighted by Crippen LogP contribution is -2.47. The fourth-order valence-electron chi connectivity index (χ4n) is 2.54. The van der Waals surface area contributed by atoms with Gasteiger partial charge in [-0.2, -0.15) is 0 Å². The van der Waals surface area contributed by atoms with Crippen LogP contribution in [-0.4, -0.2) is 37.6 Å². The normalized spacial score (nSPS) is 34.7. The summed E-state index contributed by atoms with van der Waals surface area (Å²) in [6, 6.07) is 0.782. The van der Waals surface area contributed by atoms with Gasteiger partial charge in [0.05, 0.1) is 0 Å². The molecule has 2 heteroatoms. The maximum absolute atomic E-state index is 3.74. The summed E-state index contributed by atoms with van der Waals surface area (Å²) in [6.45, 7) is 6.17. The summed E-state index contributed by atoms with van der Waals surface area (Å²) in [5, 5.41) is 3.74. The minimum Gasteiger partial charge on any atom is -0.314 e. The van der Waals surface area contributed by atoms with Gasteiger partial charge in [0.2, 0.25) is 0 Å². The lowest BCUT2D eigenvalue weighted by molar-refractivity contribution is 0.175. The zero-order valence-corrected chi connectivity index (χ0v) is 9.63. The number of hydrogen-bond donors (Lipinski definition) is 1. The molecule has 2 nitrogen and oxygen atoms in total. The van der Waals surface area contributed by atoms with Crippen LogP contribution in [0.1, 0.15) is 32.6 Å². The third-order valence-corrected chi connectivity index (χ3v) is 3.76. The first-order valence-electron chi connectivity index (χ1n) is 6.17. The fraction of sp³-hybridized carbons (Fsp3) is 1.00. The molecule has 0 spiro atoms. The maximum Gasteiger partial charge on any atom is 0.0117 e. The molecule has 0 aromatic carbocycles. The van der Waals surface area contributed by atoms with Crippen LogP contribution in [0, 0.1) is 11.8 Å². The fourth-order valence-corrected chi connectivity index (χ4v) is 2.54. The molecular weight excluding hydrogens is 172 g/mol. The lowest BCUT2D eigenvalue weighted by atomic mass is 9.94. The predicted octanol–water partition coefficient (Wildman–Crippen LogP) is 1.72. The molecule has 0 aromatic heterocycles. The Balaban J connectivity index is 1.63. The molecule has 82 valence electrons. The molecule has 2 rings (SSSR count). The highest BCUT2D eigenvalue weighted by atomic mass is 15.1. The van der Waals surface area contributed by atoms with Crippen molar-refractivity contribution in [1.82, 2.24) is 10.2 Å². The summed E-state index contributed by atoms with van der Waals surface area (Å²) in [7, 11) is 2.23. The van der Waals surface area contributed by atoms with Crippen molar-refractivity contribution in [2.75, 3.05) is 26.7 Å². The first kappa shape index (κ1) is 10.4. The summed E-state index contributed by atoms with van der Waals surface area (Å²) in [4.78, 5) is 2.45. The van der Waals surface area contributed by atoms with Gasteiger partial charge >= 0.3 is 0 Å². The van der Waals surface area contributed by atoms with Gasteiger partial charge in [0.25, 0.3) is 0 Å². The van der Waals surface area contributed by atoms with E-state index in [1.54, 1.807) is 0 Å². The Bertz CT molecular complexity index is 177. The molecule has 14 heavy (non-hydrogen) atoms. The molecule has 0 bridgehead atoms. The van der Waals surface area contributed by atoms with Gasteiger partial charge in [-0.3, -0.25) is 0 Å². The van der Waals surface area contributed by atoms with Gasteiger partial charge in [-0.25, -0.2) is 0 Å². The highest BCUT2D eigenvalue weighted by molar-refractivity contribution is 4.82. The molecule has 1 N–H and O–H groups in total. The van der Waals surface area contributed by atoms with Gasteiger partial charge in [-0.15, -0.1) is 0 Å². The summed E-state index contributed by atoms with van der Waals surface area (Å²) in [5.41, 5.74) is 0. The molecule has 1 aliphatic carbocycles. The van der Waals surface area contributed by atoms with Crippen molar-refractivity contribution >= 4 is 0 Å². The number of nitrogens with one attached hydrogen (secondary N) is 1. The van der Waals surface area contributed by atoms with E-state index in [1.165, 1.54) is 45.3 Å². The van der Waals surface area contributed by atoms with Crippen LogP contribution in [0.5, 0.6) is 0 Å². The first-order chi connectivity index (χ1) is 6.75. The van der Waals surface area contributed by atoms with Gasteiger partial charge < -0.3 is 10.2 Å². The van der Waals surface area contributed by atoms with Crippen LogP contribution in [0.2, 0.25) is 0 Å². The summed E-state index contributed by atoms with van der Waals surface area (Å²) in [6.07, 6.45) is 5.73. The smallest absolute Gasteiger partial charge is 0.0117 e. The number of nitrogens with zero attached hydrogens (tertiary/aromatic N) is 1. The number of piperidine rings is 1. The Kier molecular flexibility index (Phi) is 3.45. The first-order valence-corrected chi connectivity index (χ1v) is 6.17. The van der Waals surface area contributed by atoms with Gasteiger partial charge in [0, 0.05) is 12.6 Å². The Hall–Kier alpha value is -0.0800. The second-order valence-corrected chi connectivity index (χ2v) is 5.32. The summed E-state index contributed by atoms with van der Waals surface area (Å²) < 4.78 is 0. The van der Waals surface area contributed by atoms with Crippen LogP contribution in [0.4, 0.5) is 0 Å². The second kappa shape index (κ2) is 4.63. The van der Waals surface area contributed by atoms with E-state index in [0.717, 1.165) is 17.9 Å². The number of hydrogen-bond acceptors (Lipinski definition) is 2. The van der Waals surface area contributed by atoms with E-state index >= 15 is 0 Å². The Morgan fingerprint density at radius 2 is 2.07 bits per heavy atom. The van der Waals surface area contributed by atoms with Crippen molar-refractivity contribution in [1.29, 1.82) is 0 Å².